The summed E-state index contributed by atoms with van der Waals surface area (Å²) in [5.41, 5.74) is 2.23. The number of aliphatic hydroxyl groups excluding tert-OH is 2. The summed E-state index contributed by atoms with van der Waals surface area (Å²) >= 11 is 0. The van der Waals surface area contributed by atoms with Crippen LogP contribution in [0.2, 0.25) is 0 Å². The zero-order valence-electron chi connectivity index (χ0n) is 9.47. The number of nitrogens with zero attached hydrogens (tertiary/aromatic N) is 1. The van der Waals surface area contributed by atoms with Gasteiger partial charge >= 0.3 is 0 Å². The molecule has 0 saturated carbocycles. The Hall–Kier alpha value is -0.900. The van der Waals surface area contributed by atoms with Gasteiger partial charge in [0.05, 0.1) is 6.61 Å². The normalized spacial score (nSPS) is 21.5. The summed E-state index contributed by atoms with van der Waals surface area (Å²) in [5.74, 6) is 0.455. The lowest BCUT2D eigenvalue weighted by molar-refractivity contribution is 0.220. The van der Waals surface area contributed by atoms with Crippen molar-refractivity contribution in [3.8, 4) is 0 Å². The van der Waals surface area contributed by atoms with Gasteiger partial charge in [-0.3, -0.25) is 4.90 Å². The fourth-order valence-electron chi connectivity index (χ4n) is 2.21. The lowest BCUT2D eigenvalue weighted by Gasteiger charge is -2.15. The molecule has 3 heteroatoms. The molecule has 0 bridgehead atoms. The van der Waals surface area contributed by atoms with Crippen molar-refractivity contribution in [2.45, 2.75) is 19.6 Å². The molecular formula is C13H19NO2. The van der Waals surface area contributed by atoms with Gasteiger partial charge in [0.1, 0.15) is 0 Å². The Morgan fingerprint density at radius 1 is 1.12 bits per heavy atom. The molecule has 1 aromatic rings. The Labute approximate surface area is 96.3 Å². The highest BCUT2D eigenvalue weighted by molar-refractivity contribution is 5.21. The first-order valence-corrected chi connectivity index (χ1v) is 5.83. The Morgan fingerprint density at radius 2 is 1.81 bits per heavy atom. The summed E-state index contributed by atoms with van der Waals surface area (Å²) in [6.45, 7) is 3.43. The highest BCUT2D eigenvalue weighted by Gasteiger charge is 2.21. The summed E-state index contributed by atoms with van der Waals surface area (Å²) in [7, 11) is 0. The second kappa shape index (κ2) is 5.43. The summed E-state index contributed by atoms with van der Waals surface area (Å²) in [6, 6.07) is 8.07. The Bertz CT molecular complexity index is 323. The molecule has 1 atom stereocenters. The van der Waals surface area contributed by atoms with Gasteiger partial charge in [-0.2, -0.15) is 0 Å². The summed E-state index contributed by atoms with van der Waals surface area (Å²) in [5, 5.41) is 18.0. The van der Waals surface area contributed by atoms with Crippen LogP contribution in [0.5, 0.6) is 0 Å². The van der Waals surface area contributed by atoms with Crippen LogP contribution in [0.25, 0.3) is 0 Å². The van der Waals surface area contributed by atoms with Crippen molar-refractivity contribution in [3.05, 3.63) is 35.4 Å². The van der Waals surface area contributed by atoms with Crippen LogP contribution in [0.4, 0.5) is 0 Å². The second-order valence-corrected chi connectivity index (χ2v) is 4.55. The van der Waals surface area contributed by atoms with Crippen molar-refractivity contribution < 1.29 is 10.2 Å². The molecule has 1 aliphatic rings. The quantitative estimate of drug-likeness (QED) is 0.797. The lowest BCUT2D eigenvalue weighted by Crippen LogP contribution is -2.20. The maximum Gasteiger partial charge on any atom is 0.0681 e. The van der Waals surface area contributed by atoms with Crippen LogP contribution >= 0.6 is 0 Å². The van der Waals surface area contributed by atoms with Gasteiger partial charge in [0, 0.05) is 19.7 Å². The van der Waals surface area contributed by atoms with E-state index in [9.17, 15) is 0 Å². The van der Waals surface area contributed by atoms with E-state index in [0.717, 1.165) is 31.6 Å². The average molecular weight is 221 g/mol. The third kappa shape index (κ3) is 2.82. The number of benzene rings is 1. The molecule has 2 N–H and O–H groups in total. The molecule has 3 nitrogen and oxygen atoms in total. The number of likely N-dealkylation sites (tertiary alicyclic amines) is 1. The van der Waals surface area contributed by atoms with Crippen molar-refractivity contribution in [1.82, 2.24) is 4.90 Å². The van der Waals surface area contributed by atoms with Gasteiger partial charge in [-0.05, 0) is 30.0 Å². The first kappa shape index (κ1) is 11.6. The summed E-state index contributed by atoms with van der Waals surface area (Å²) in [6.07, 6.45) is 1.10. The van der Waals surface area contributed by atoms with Crippen molar-refractivity contribution >= 4 is 0 Å². The average Bonchev–Trinajstić information content (AvgIpc) is 2.78. The third-order valence-corrected chi connectivity index (χ3v) is 3.24. The molecule has 1 aliphatic heterocycles. The van der Waals surface area contributed by atoms with Crippen molar-refractivity contribution in [1.29, 1.82) is 0 Å². The fourth-order valence-corrected chi connectivity index (χ4v) is 2.21. The van der Waals surface area contributed by atoms with Crippen molar-refractivity contribution in [3.63, 3.8) is 0 Å². The molecule has 0 aliphatic carbocycles. The molecule has 1 aromatic carbocycles. The zero-order chi connectivity index (χ0) is 11.4. The molecule has 1 unspecified atom stereocenters. The van der Waals surface area contributed by atoms with Gasteiger partial charge in [0.25, 0.3) is 0 Å². The number of hydrogen-bond donors (Lipinski definition) is 2. The van der Waals surface area contributed by atoms with Crippen LogP contribution in [-0.4, -0.2) is 34.8 Å². The molecule has 16 heavy (non-hydrogen) atoms. The highest BCUT2D eigenvalue weighted by Crippen LogP contribution is 2.18. The minimum atomic E-state index is 0.108. The smallest absolute Gasteiger partial charge is 0.0681 e. The maximum absolute atomic E-state index is 9.06. The first-order chi connectivity index (χ1) is 7.81. The third-order valence-electron chi connectivity index (χ3n) is 3.24. The highest BCUT2D eigenvalue weighted by atomic mass is 16.3. The molecule has 88 valence electrons. The van der Waals surface area contributed by atoms with E-state index in [0.29, 0.717) is 12.5 Å². The standard InChI is InChI=1S/C13H19NO2/c15-9-12-3-1-11(2-4-12)7-14-6-5-13(8-14)10-16/h1-4,13,15-16H,5-10H2. The van der Waals surface area contributed by atoms with Crippen LogP contribution in [0, 0.1) is 5.92 Å². The summed E-state index contributed by atoms with van der Waals surface area (Å²) < 4.78 is 0. The van der Waals surface area contributed by atoms with Crippen LogP contribution in [-0.2, 0) is 13.2 Å². The van der Waals surface area contributed by atoms with E-state index in [1.54, 1.807) is 0 Å². The Kier molecular flexibility index (Phi) is 3.93. The molecular weight excluding hydrogens is 202 g/mol. The zero-order valence-corrected chi connectivity index (χ0v) is 9.47. The van der Waals surface area contributed by atoms with Crippen LogP contribution in [0.1, 0.15) is 17.5 Å². The van der Waals surface area contributed by atoms with Crippen LogP contribution < -0.4 is 0 Å². The van der Waals surface area contributed by atoms with E-state index in [-0.39, 0.29) is 6.61 Å². The molecule has 1 fully saturated rings. The van der Waals surface area contributed by atoms with E-state index in [1.807, 2.05) is 12.1 Å². The first-order valence-electron chi connectivity index (χ1n) is 5.83. The van der Waals surface area contributed by atoms with Gasteiger partial charge in [-0.15, -0.1) is 0 Å². The van der Waals surface area contributed by atoms with E-state index < -0.39 is 0 Å². The number of rotatable bonds is 4. The minimum absolute atomic E-state index is 0.108. The second-order valence-electron chi connectivity index (χ2n) is 4.55. The molecule has 1 heterocycles. The van der Waals surface area contributed by atoms with E-state index >= 15 is 0 Å². The van der Waals surface area contributed by atoms with Gasteiger partial charge in [-0.25, -0.2) is 0 Å². The molecule has 0 spiro atoms. The predicted octanol–water partition coefficient (Wildman–Crippen LogP) is 0.993. The monoisotopic (exact) mass is 221 g/mol. The van der Waals surface area contributed by atoms with Gasteiger partial charge in [0.2, 0.25) is 0 Å². The van der Waals surface area contributed by atoms with Gasteiger partial charge in [0.15, 0.2) is 0 Å². The fraction of sp³-hybridized carbons (Fsp3) is 0.538. The predicted molar refractivity (Wildman–Crippen MR) is 62.8 cm³/mol. The molecule has 0 aromatic heterocycles. The summed E-state index contributed by atoms with van der Waals surface area (Å²) in [4.78, 5) is 2.37. The molecule has 1 saturated heterocycles. The minimum Gasteiger partial charge on any atom is -0.396 e. The Balaban J connectivity index is 1.89. The number of hydrogen-bond acceptors (Lipinski definition) is 3. The van der Waals surface area contributed by atoms with Crippen LogP contribution in [0.15, 0.2) is 24.3 Å². The lowest BCUT2D eigenvalue weighted by atomic mass is 10.1. The molecule has 2 rings (SSSR count). The van der Waals surface area contributed by atoms with Crippen molar-refractivity contribution in [2.24, 2.45) is 5.92 Å². The molecule has 0 radical (unpaired) electrons. The number of aliphatic hydroxyl groups is 2. The van der Waals surface area contributed by atoms with Gasteiger partial charge in [-0.1, -0.05) is 24.3 Å². The Morgan fingerprint density at radius 3 is 2.38 bits per heavy atom. The van der Waals surface area contributed by atoms with Crippen molar-refractivity contribution in [2.75, 3.05) is 19.7 Å². The van der Waals surface area contributed by atoms with E-state index in [4.69, 9.17) is 10.2 Å². The van der Waals surface area contributed by atoms with Gasteiger partial charge < -0.3 is 10.2 Å². The largest absolute Gasteiger partial charge is 0.396 e. The van der Waals surface area contributed by atoms with E-state index in [1.165, 1.54) is 5.56 Å². The molecule has 0 amide bonds. The van der Waals surface area contributed by atoms with Crippen LogP contribution in [0.3, 0.4) is 0 Å². The SMILES string of the molecule is OCc1ccc(CN2CCC(CO)C2)cc1. The topological polar surface area (TPSA) is 43.7 Å². The maximum atomic E-state index is 9.06. The van der Waals surface area contributed by atoms with E-state index in [2.05, 4.69) is 17.0 Å².